The van der Waals surface area contributed by atoms with Crippen molar-refractivity contribution in [1.82, 2.24) is 0 Å². The third-order valence-electron chi connectivity index (χ3n) is 2.97. The van der Waals surface area contributed by atoms with Crippen LogP contribution in [0.25, 0.3) is 13.2 Å². The minimum atomic E-state index is 0.727. The van der Waals surface area contributed by atoms with Crippen molar-refractivity contribution in [3.63, 3.8) is 0 Å². The van der Waals surface area contributed by atoms with Crippen molar-refractivity contribution in [1.29, 1.82) is 0 Å². The fourth-order valence-corrected chi connectivity index (χ4v) is 1.41. The first-order valence-corrected chi connectivity index (χ1v) is 5.27. The Hall–Kier alpha value is -1.04. The van der Waals surface area contributed by atoms with Crippen LogP contribution in [0.2, 0.25) is 0 Å². The Labute approximate surface area is 87.0 Å². The summed E-state index contributed by atoms with van der Waals surface area (Å²) in [4.78, 5) is 0. The Morgan fingerprint density at radius 3 is 2.21 bits per heavy atom. The summed E-state index contributed by atoms with van der Waals surface area (Å²) >= 11 is 0. The maximum absolute atomic E-state index is 3.97. The molecular weight excluding hydrogens is 168 g/mol. The SMILES string of the molecule is C=c1ccc(CC(C)C(C)C)cc1=C. The van der Waals surface area contributed by atoms with Crippen LogP contribution in [0.5, 0.6) is 0 Å². The Balaban J connectivity index is 2.83. The molecule has 0 heterocycles. The van der Waals surface area contributed by atoms with Crippen LogP contribution >= 0.6 is 0 Å². The standard InChI is InChI=1S/C14H20/c1-10(2)12(4)8-14-7-6-11(3)13(5)9-14/h6-7,9-10,12H,3,5,8H2,1-2,4H3. The van der Waals surface area contributed by atoms with Crippen LogP contribution in [-0.2, 0) is 6.42 Å². The molecule has 0 spiro atoms. The summed E-state index contributed by atoms with van der Waals surface area (Å²) in [6.07, 6.45) is 1.14. The molecule has 0 bridgehead atoms. The molecule has 0 heteroatoms. The van der Waals surface area contributed by atoms with Gasteiger partial charge in [0.2, 0.25) is 0 Å². The van der Waals surface area contributed by atoms with Gasteiger partial charge in [-0.05, 0) is 34.3 Å². The lowest BCUT2D eigenvalue weighted by atomic mass is 9.91. The third kappa shape index (κ3) is 2.73. The Kier molecular flexibility index (Phi) is 3.51. The zero-order valence-corrected chi connectivity index (χ0v) is 9.51. The molecule has 0 aliphatic rings. The predicted molar refractivity (Wildman–Crippen MR) is 64.4 cm³/mol. The van der Waals surface area contributed by atoms with E-state index in [1.165, 1.54) is 5.56 Å². The number of hydrogen-bond donors (Lipinski definition) is 0. The Morgan fingerprint density at radius 1 is 1.07 bits per heavy atom. The van der Waals surface area contributed by atoms with Crippen LogP contribution in [0, 0.1) is 11.8 Å². The summed E-state index contributed by atoms with van der Waals surface area (Å²) in [7, 11) is 0. The fourth-order valence-electron chi connectivity index (χ4n) is 1.41. The van der Waals surface area contributed by atoms with Crippen molar-refractivity contribution >= 4 is 13.2 Å². The van der Waals surface area contributed by atoms with Gasteiger partial charge in [0.15, 0.2) is 0 Å². The topological polar surface area (TPSA) is 0 Å². The second kappa shape index (κ2) is 4.45. The molecule has 1 atom stereocenters. The summed E-state index contributed by atoms with van der Waals surface area (Å²) in [5.74, 6) is 1.47. The molecule has 0 aliphatic carbocycles. The van der Waals surface area contributed by atoms with Crippen molar-refractivity contribution in [2.24, 2.45) is 11.8 Å². The minimum Gasteiger partial charge on any atom is -0.0912 e. The first-order chi connectivity index (χ1) is 6.50. The molecule has 0 saturated carbocycles. The summed E-state index contributed by atoms with van der Waals surface area (Å²) in [6.45, 7) is 14.7. The van der Waals surface area contributed by atoms with Gasteiger partial charge in [-0.2, -0.15) is 0 Å². The van der Waals surface area contributed by atoms with E-state index in [0.717, 1.165) is 28.7 Å². The van der Waals surface area contributed by atoms with Crippen molar-refractivity contribution in [2.75, 3.05) is 0 Å². The zero-order valence-electron chi connectivity index (χ0n) is 9.51. The van der Waals surface area contributed by atoms with Crippen molar-refractivity contribution in [3.8, 4) is 0 Å². The van der Waals surface area contributed by atoms with Crippen LogP contribution in [-0.4, -0.2) is 0 Å². The van der Waals surface area contributed by atoms with Gasteiger partial charge >= 0.3 is 0 Å². The highest BCUT2D eigenvalue weighted by molar-refractivity contribution is 5.23. The van der Waals surface area contributed by atoms with Gasteiger partial charge in [-0.15, -0.1) is 0 Å². The molecule has 76 valence electrons. The van der Waals surface area contributed by atoms with Gasteiger partial charge in [-0.25, -0.2) is 0 Å². The van der Waals surface area contributed by atoms with Crippen molar-refractivity contribution in [3.05, 3.63) is 34.2 Å². The van der Waals surface area contributed by atoms with E-state index in [1.54, 1.807) is 0 Å². The van der Waals surface area contributed by atoms with Crippen LogP contribution in [0.4, 0.5) is 0 Å². The maximum Gasteiger partial charge on any atom is -0.0250 e. The number of hydrogen-bond acceptors (Lipinski definition) is 0. The monoisotopic (exact) mass is 188 g/mol. The summed E-state index contributed by atoms with van der Waals surface area (Å²) in [5, 5.41) is 2.09. The molecule has 0 radical (unpaired) electrons. The molecule has 1 aromatic rings. The molecule has 0 fully saturated rings. The smallest absolute Gasteiger partial charge is 0.0250 e. The van der Waals surface area contributed by atoms with Gasteiger partial charge in [-0.3, -0.25) is 0 Å². The summed E-state index contributed by atoms with van der Waals surface area (Å²) in [6, 6.07) is 6.38. The lowest BCUT2D eigenvalue weighted by molar-refractivity contribution is 0.417. The molecular formula is C14H20. The largest absolute Gasteiger partial charge is 0.0912 e. The van der Waals surface area contributed by atoms with E-state index in [-0.39, 0.29) is 0 Å². The highest BCUT2D eigenvalue weighted by atomic mass is 14.1. The zero-order chi connectivity index (χ0) is 10.7. The molecule has 14 heavy (non-hydrogen) atoms. The van der Waals surface area contributed by atoms with Crippen LogP contribution in [0.15, 0.2) is 18.2 Å². The van der Waals surface area contributed by atoms with Crippen molar-refractivity contribution < 1.29 is 0 Å². The van der Waals surface area contributed by atoms with Crippen LogP contribution in [0.3, 0.4) is 0 Å². The first kappa shape index (κ1) is 11.0. The van der Waals surface area contributed by atoms with Gasteiger partial charge in [0.1, 0.15) is 0 Å². The molecule has 1 aromatic carbocycles. The second-order valence-corrected chi connectivity index (χ2v) is 4.53. The highest BCUT2D eigenvalue weighted by Gasteiger charge is 2.07. The Bertz CT molecular complexity index is 387. The van der Waals surface area contributed by atoms with E-state index < -0.39 is 0 Å². The van der Waals surface area contributed by atoms with E-state index in [4.69, 9.17) is 0 Å². The highest BCUT2D eigenvalue weighted by Crippen LogP contribution is 2.14. The van der Waals surface area contributed by atoms with Gasteiger partial charge < -0.3 is 0 Å². The fraction of sp³-hybridized carbons (Fsp3) is 0.429. The molecule has 0 aliphatic heterocycles. The van der Waals surface area contributed by atoms with Gasteiger partial charge in [-0.1, -0.05) is 52.1 Å². The third-order valence-corrected chi connectivity index (χ3v) is 2.97. The van der Waals surface area contributed by atoms with Crippen LogP contribution in [0.1, 0.15) is 26.3 Å². The lowest BCUT2D eigenvalue weighted by Crippen LogP contribution is -2.22. The molecule has 1 rings (SSSR count). The maximum atomic E-state index is 3.97. The molecule has 0 N–H and O–H groups in total. The number of rotatable bonds is 3. The first-order valence-electron chi connectivity index (χ1n) is 5.27. The Morgan fingerprint density at radius 2 is 1.71 bits per heavy atom. The summed E-state index contributed by atoms with van der Waals surface area (Å²) < 4.78 is 0. The molecule has 0 aromatic heterocycles. The predicted octanol–water partition coefficient (Wildman–Crippen LogP) is 2.34. The summed E-state index contributed by atoms with van der Waals surface area (Å²) in [5.41, 5.74) is 1.38. The van der Waals surface area contributed by atoms with Gasteiger partial charge in [0.05, 0.1) is 0 Å². The quantitative estimate of drug-likeness (QED) is 0.683. The van der Waals surface area contributed by atoms with E-state index in [9.17, 15) is 0 Å². The average molecular weight is 188 g/mol. The van der Waals surface area contributed by atoms with Crippen LogP contribution < -0.4 is 10.4 Å². The lowest BCUT2D eigenvalue weighted by Gasteiger charge is -2.15. The number of benzene rings is 1. The van der Waals surface area contributed by atoms with Gasteiger partial charge in [0.25, 0.3) is 0 Å². The van der Waals surface area contributed by atoms with E-state index in [2.05, 4.69) is 52.1 Å². The molecule has 0 amide bonds. The van der Waals surface area contributed by atoms with E-state index >= 15 is 0 Å². The second-order valence-electron chi connectivity index (χ2n) is 4.53. The average Bonchev–Trinajstić information content (AvgIpc) is 2.11. The van der Waals surface area contributed by atoms with Crippen molar-refractivity contribution in [2.45, 2.75) is 27.2 Å². The molecule has 1 unspecified atom stereocenters. The van der Waals surface area contributed by atoms with Gasteiger partial charge in [0, 0.05) is 0 Å². The minimum absolute atomic E-state index is 0.727. The van der Waals surface area contributed by atoms with E-state index in [1.807, 2.05) is 0 Å². The van der Waals surface area contributed by atoms with E-state index in [0.29, 0.717) is 0 Å². The molecule has 0 saturated heterocycles. The molecule has 0 nitrogen and oxygen atoms in total. The normalized spacial score (nSPS) is 13.1.